The van der Waals surface area contributed by atoms with Gasteiger partial charge in [-0.25, -0.2) is 0 Å². The van der Waals surface area contributed by atoms with Gasteiger partial charge in [-0.05, 0) is 17.7 Å². The molecule has 1 unspecified atom stereocenters. The third kappa shape index (κ3) is 4.17. The van der Waals surface area contributed by atoms with E-state index in [1.165, 1.54) is 13.2 Å². The topological polar surface area (TPSA) is 88.3 Å². The number of amides is 1. The molecule has 0 fully saturated rings. The van der Waals surface area contributed by atoms with Gasteiger partial charge in [0.1, 0.15) is 0 Å². The number of halogens is 1. The number of benzene rings is 2. The van der Waals surface area contributed by atoms with Gasteiger partial charge in [0, 0.05) is 22.0 Å². The summed E-state index contributed by atoms with van der Waals surface area (Å²) in [5, 5.41) is 3.82. The molecule has 6 nitrogen and oxygen atoms in total. The highest BCUT2D eigenvalue weighted by atomic mass is 35.5. The van der Waals surface area contributed by atoms with Gasteiger partial charge in [0.15, 0.2) is 0 Å². The Labute approximate surface area is 160 Å². The highest BCUT2D eigenvalue weighted by Crippen LogP contribution is 2.26. The zero-order chi connectivity index (χ0) is 19.4. The van der Waals surface area contributed by atoms with Crippen LogP contribution in [-0.4, -0.2) is 24.0 Å². The monoisotopic (exact) mass is 384 g/mol. The fourth-order valence-electron chi connectivity index (χ4n) is 2.87. The second kappa shape index (κ2) is 8.05. The van der Waals surface area contributed by atoms with Crippen molar-refractivity contribution in [3.8, 4) is 0 Å². The van der Waals surface area contributed by atoms with Crippen LogP contribution in [0.25, 0.3) is 10.9 Å². The second-order valence-corrected chi connectivity index (χ2v) is 6.33. The molecule has 27 heavy (non-hydrogen) atoms. The average molecular weight is 385 g/mol. The first kappa shape index (κ1) is 18.7. The summed E-state index contributed by atoms with van der Waals surface area (Å²) in [5.74, 6) is -0.970. The van der Waals surface area contributed by atoms with Crippen LogP contribution < -0.4 is 10.9 Å². The number of hydrogen-bond donors (Lipinski definition) is 2. The Morgan fingerprint density at radius 3 is 2.59 bits per heavy atom. The van der Waals surface area contributed by atoms with Crippen molar-refractivity contribution in [3.05, 3.63) is 81.1 Å². The van der Waals surface area contributed by atoms with Gasteiger partial charge in [-0.1, -0.05) is 48.0 Å². The molecule has 2 aromatic carbocycles. The molecule has 0 aliphatic heterocycles. The molecular weight excluding hydrogens is 368 g/mol. The van der Waals surface area contributed by atoms with Crippen molar-refractivity contribution in [3.63, 3.8) is 0 Å². The Balaban J connectivity index is 1.99. The summed E-state index contributed by atoms with van der Waals surface area (Å²) in [5.41, 5.74) is 0.974. The lowest BCUT2D eigenvalue weighted by molar-refractivity contribution is -0.141. The van der Waals surface area contributed by atoms with E-state index >= 15 is 0 Å². The molecule has 0 bridgehead atoms. The highest BCUT2D eigenvalue weighted by Gasteiger charge is 2.22. The summed E-state index contributed by atoms with van der Waals surface area (Å²) in [6, 6.07) is 14.5. The number of pyridine rings is 1. The van der Waals surface area contributed by atoms with Crippen molar-refractivity contribution in [1.82, 2.24) is 10.3 Å². The van der Waals surface area contributed by atoms with Crippen molar-refractivity contribution in [2.75, 3.05) is 7.11 Å². The molecular formula is C20H17ClN2O4. The van der Waals surface area contributed by atoms with E-state index in [4.69, 9.17) is 16.3 Å². The number of nitrogens with one attached hydrogen (secondary N) is 2. The molecule has 0 aliphatic carbocycles. The van der Waals surface area contributed by atoms with Crippen LogP contribution in [0.5, 0.6) is 0 Å². The zero-order valence-electron chi connectivity index (χ0n) is 14.5. The number of methoxy groups -OCH3 is 1. The average Bonchev–Trinajstić information content (AvgIpc) is 2.67. The van der Waals surface area contributed by atoms with E-state index in [-0.39, 0.29) is 17.5 Å². The summed E-state index contributed by atoms with van der Waals surface area (Å²) in [6.07, 6.45) is -0.0902. The first-order valence-electron chi connectivity index (χ1n) is 8.23. The second-order valence-electron chi connectivity index (χ2n) is 5.92. The van der Waals surface area contributed by atoms with Gasteiger partial charge in [-0.2, -0.15) is 0 Å². The number of para-hydroxylation sites is 1. The highest BCUT2D eigenvalue weighted by molar-refractivity contribution is 6.31. The molecule has 138 valence electrons. The van der Waals surface area contributed by atoms with Gasteiger partial charge in [-0.3, -0.25) is 14.4 Å². The lowest BCUT2D eigenvalue weighted by Crippen LogP contribution is -2.31. The number of hydrogen-bond acceptors (Lipinski definition) is 4. The number of carbonyl (C=O) groups is 2. The lowest BCUT2D eigenvalue weighted by atomic mass is 10.0. The zero-order valence-corrected chi connectivity index (χ0v) is 15.2. The van der Waals surface area contributed by atoms with Gasteiger partial charge in [0.2, 0.25) is 5.56 Å². The smallest absolute Gasteiger partial charge is 0.307 e. The molecule has 0 radical (unpaired) electrons. The van der Waals surface area contributed by atoms with Gasteiger partial charge >= 0.3 is 5.97 Å². The van der Waals surface area contributed by atoms with E-state index in [1.54, 1.807) is 48.5 Å². The van der Waals surface area contributed by atoms with Crippen molar-refractivity contribution < 1.29 is 14.3 Å². The molecule has 0 spiro atoms. The van der Waals surface area contributed by atoms with Crippen LogP contribution in [0.4, 0.5) is 0 Å². The van der Waals surface area contributed by atoms with E-state index in [2.05, 4.69) is 10.3 Å². The maximum absolute atomic E-state index is 12.9. The Hall–Kier alpha value is -3.12. The number of ether oxygens (including phenoxy) is 1. The van der Waals surface area contributed by atoms with Crippen molar-refractivity contribution in [1.29, 1.82) is 0 Å². The van der Waals surface area contributed by atoms with Crippen LogP contribution in [0.1, 0.15) is 28.4 Å². The van der Waals surface area contributed by atoms with Crippen LogP contribution >= 0.6 is 11.6 Å². The predicted molar refractivity (Wildman–Crippen MR) is 103 cm³/mol. The summed E-state index contributed by atoms with van der Waals surface area (Å²) >= 11 is 6.24. The van der Waals surface area contributed by atoms with Gasteiger partial charge in [-0.15, -0.1) is 0 Å². The minimum Gasteiger partial charge on any atom is -0.469 e. The van der Waals surface area contributed by atoms with Crippen LogP contribution in [-0.2, 0) is 9.53 Å². The third-order valence-electron chi connectivity index (χ3n) is 4.18. The minimum absolute atomic E-state index is 0.0902. The lowest BCUT2D eigenvalue weighted by Gasteiger charge is -2.20. The fraction of sp³-hybridized carbons (Fsp3) is 0.150. The number of fused-ring (bicyclic) bond motifs is 1. The molecule has 1 atom stereocenters. The van der Waals surface area contributed by atoms with Gasteiger partial charge in [0.25, 0.3) is 5.91 Å². The molecule has 1 amide bonds. The molecule has 2 N–H and O–H groups in total. The number of carbonyl (C=O) groups excluding carboxylic acids is 2. The quantitative estimate of drug-likeness (QED) is 0.661. The van der Waals surface area contributed by atoms with Crippen LogP contribution in [0.3, 0.4) is 0 Å². The molecule has 0 aliphatic rings. The molecule has 3 aromatic rings. The maximum Gasteiger partial charge on any atom is 0.307 e. The first-order valence-corrected chi connectivity index (χ1v) is 8.61. The third-order valence-corrected chi connectivity index (χ3v) is 4.52. The number of H-pyrrole nitrogens is 1. The van der Waals surface area contributed by atoms with Crippen molar-refractivity contribution in [2.24, 2.45) is 0 Å². The minimum atomic E-state index is -0.698. The maximum atomic E-state index is 12.9. The van der Waals surface area contributed by atoms with E-state index in [0.717, 1.165) is 0 Å². The summed E-state index contributed by atoms with van der Waals surface area (Å²) in [7, 11) is 1.28. The molecule has 0 saturated carbocycles. The fourth-order valence-corrected chi connectivity index (χ4v) is 3.14. The Bertz CT molecular complexity index is 1060. The van der Waals surface area contributed by atoms with E-state index in [9.17, 15) is 14.4 Å². The number of esters is 1. The van der Waals surface area contributed by atoms with Gasteiger partial charge < -0.3 is 15.0 Å². The molecule has 7 heteroatoms. The Morgan fingerprint density at radius 1 is 1.15 bits per heavy atom. The Morgan fingerprint density at radius 2 is 1.85 bits per heavy atom. The number of rotatable bonds is 5. The molecule has 0 saturated heterocycles. The van der Waals surface area contributed by atoms with Crippen LogP contribution in [0.15, 0.2) is 59.4 Å². The van der Waals surface area contributed by atoms with Crippen molar-refractivity contribution in [2.45, 2.75) is 12.5 Å². The molecule has 1 aromatic heterocycles. The van der Waals surface area contributed by atoms with Crippen molar-refractivity contribution >= 4 is 34.4 Å². The van der Waals surface area contributed by atoms with Gasteiger partial charge in [0.05, 0.1) is 25.1 Å². The van der Waals surface area contributed by atoms with Crippen LogP contribution in [0, 0.1) is 0 Å². The van der Waals surface area contributed by atoms with Crippen LogP contribution in [0.2, 0.25) is 5.02 Å². The summed E-state index contributed by atoms with van der Waals surface area (Å²) < 4.78 is 4.73. The number of aromatic nitrogens is 1. The first-order chi connectivity index (χ1) is 13.0. The van der Waals surface area contributed by atoms with E-state index in [1.807, 2.05) is 0 Å². The largest absolute Gasteiger partial charge is 0.469 e. The predicted octanol–water partition coefficient (Wildman–Crippen LogP) is 3.22. The summed E-state index contributed by atoms with van der Waals surface area (Å²) in [6.45, 7) is 0. The standard InChI is InChI=1S/C20H17ClN2O4/c1-27-19(25)11-17(13-7-2-4-8-15(13)21)23-20(26)14-10-18(24)22-16-9-5-3-6-12(14)16/h2-10,17H,11H2,1H3,(H,22,24)(H,23,26). The molecule has 1 heterocycles. The molecule has 3 rings (SSSR count). The SMILES string of the molecule is COC(=O)CC(NC(=O)c1cc(=O)[nH]c2ccccc12)c1ccccc1Cl. The summed E-state index contributed by atoms with van der Waals surface area (Å²) in [4.78, 5) is 39.3. The Kier molecular flexibility index (Phi) is 5.57. The normalized spacial score (nSPS) is 11.8. The van der Waals surface area contributed by atoms with E-state index in [0.29, 0.717) is 21.5 Å². The number of aromatic amines is 1. The van der Waals surface area contributed by atoms with E-state index < -0.39 is 17.9 Å².